The monoisotopic (exact) mass is 621 g/mol. The molecule has 1 fully saturated rings. The number of amides is 1. The maximum atomic E-state index is 15.0. The van der Waals surface area contributed by atoms with Crippen LogP contribution in [-0.4, -0.2) is 61.0 Å². The minimum Gasteiger partial charge on any atom is -0.349 e. The van der Waals surface area contributed by atoms with Crippen LogP contribution < -0.4 is 10.6 Å². The molecule has 1 unspecified atom stereocenters. The Balaban J connectivity index is 1.82. The third kappa shape index (κ3) is 5.61. The van der Waals surface area contributed by atoms with Gasteiger partial charge in [0.1, 0.15) is 11.6 Å². The first kappa shape index (κ1) is 30.6. The smallest absolute Gasteiger partial charge is 0.349 e. The van der Waals surface area contributed by atoms with Crippen molar-refractivity contribution < 1.29 is 13.4 Å². The molecule has 1 saturated heterocycles. The van der Waals surface area contributed by atoms with Crippen LogP contribution in [0.3, 0.4) is 0 Å². The van der Waals surface area contributed by atoms with E-state index < -0.39 is 22.3 Å². The van der Waals surface area contributed by atoms with Crippen molar-refractivity contribution in [2.24, 2.45) is 0 Å². The molecule has 5 rings (SSSR count). The molecule has 0 N–H and O–H groups in total. The number of carbonyl (C=O) groups is 1. The molecule has 8 nitrogen and oxygen atoms in total. The molecule has 2 aromatic heterocycles. The van der Waals surface area contributed by atoms with E-state index in [0.29, 0.717) is 34.9 Å². The maximum Gasteiger partial charge on any atom is 0.355 e. The van der Waals surface area contributed by atoms with Gasteiger partial charge in [0.15, 0.2) is 5.65 Å². The number of fused-ring (bicyclic) bond motifs is 1. The zero-order chi connectivity index (χ0) is 31.2. The van der Waals surface area contributed by atoms with Gasteiger partial charge in [-0.05, 0) is 67.8 Å². The fourth-order valence-electron chi connectivity index (χ4n) is 5.61. The van der Waals surface area contributed by atoms with Crippen LogP contribution in [0.5, 0.6) is 0 Å². The number of halogens is 2. The predicted molar refractivity (Wildman–Crippen MR) is 170 cm³/mol. The van der Waals surface area contributed by atoms with Gasteiger partial charge in [0, 0.05) is 52.7 Å². The lowest BCUT2D eigenvalue weighted by atomic mass is 10.0. The molecule has 224 valence electrons. The standard InChI is InChI=1S/C32H33ClFN5O3S/c1-7-28(40)37-16-20(5)38(17-19(37)4)30-24-15-25(33)29(22-10-8-9-11-26(22)34)35-31(24)39(32(41)36-30)27-13-12-21(43(6)42)14-23(27)18(2)3/h7-15,18-20H,1,16-17H2,2-6H3/t19-,20+,43?/m1/s1. The van der Waals surface area contributed by atoms with E-state index in [4.69, 9.17) is 16.6 Å². The molecular formula is C32H33ClFN5O3S. The Morgan fingerprint density at radius 3 is 2.49 bits per heavy atom. The van der Waals surface area contributed by atoms with Crippen LogP contribution >= 0.6 is 11.6 Å². The molecule has 0 spiro atoms. The van der Waals surface area contributed by atoms with Crippen molar-refractivity contribution in [3.8, 4) is 16.9 Å². The largest absolute Gasteiger partial charge is 0.355 e. The van der Waals surface area contributed by atoms with Gasteiger partial charge >= 0.3 is 5.69 Å². The van der Waals surface area contributed by atoms with Gasteiger partial charge in [-0.25, -0.2) is 18.7 Å². The Kier molecular flexibility index (Phi) is 8.54. The van der Waals surface area contributed by atoms with Crippen molar-refractivity contribution in [1.29, 1.82) is 0 Å². The van der Waals surface area contributed by atoms with Crippen molar-refractivity contribution in [3.05, 3.63) is 88.1 Å². The number of rotatable bonds is 6. The minimum atomic E-state index is -1.23. The van der Waals surface area contributed by atoms with Crippen LogP contribution in [0.15, 0.2) is 70.9 Å². The number of piperazine rings is 1. The summed E-state index contributed by atoms with van der Waals surface area (Å²) in [5.41, 5.74) is 1.40. The van der Waals surface area contributed by atoms with E-state index in [0.717, 1.165) is 5.56 Å². The van der Waals surface area contributed by atoms with Crippen LogP contribution in [0, 0.1) is 5.82 Å². The number of anilines is 1. The van der Waals surface area contributed by atoms with Gasteiger partial charge in [-0.1, -0.05) is 44.2 Å². The first-order valence-electron chi connectivity index (χ1n) is 14.0. The third-order valence-corrected chi connectivity index (χ3v) is 9.05. The summed E-state index contributed by atoms with van der Waals surface area (Å²) < 4.78 is 28.7. The van der Waals surface area contributed by atoms with Gasteiger partial charge in [0.05, 0.1) is 21.8 Å². The molecule has 3 atom stereocenters. The van der Waals surface area contributed by atoms with E-state index >= 15 is 0 Å². The summed E-state index contributed by atoms with van der Waals surface area (Å²) in [6.07, 6.45) is 2.90. The Morgan fingerprint density at radius 1 is 1.12 bits per heavy atom. The Morgan fingerprint density at radius 2 is 1.84 bits per heavy atom. The predicted octanol–water partition coefficient (Wildman–Crippen LogP) is 5.71. The molecule has 0 bridgehead atoms. The highest BCUT2D eigenvalue weighted by molar-refractivity contribution is 7.84. The Labute approximate surface area is 257 Å². The number of carbonyl (C=O) groups excluding carboxylic acids is 1. The molecule has 4 aromatic rings. The number of hydrogen-bond acceptors (Lipinski definition) is 6. The Bertz CT molecular complexity index is 1840. The molecule has 1 aliphatic heterocycles. The topological polar surface area (TPSA) is 88.4 Å². The van der Waals surface area contributed by atoms with Gasteiger partial charge in [-0.2, -0.15) is 4.98 Å². The normalized spacial score (nSPS) is 17.9. The first-order chi connectivity index (χ1) is 20.4. The number of benzene rings is 2. The fraction of sp³-hybridized carbons (Fsp3) is 0.312. The molecule has 11 heteroatoms. The van der Waals surface area contributed by atoms with Gasteiger partial charge in [0.2, 0.25) is 5.91 Å². The molecule has 3 heterocycles. The average Bonchev–Trinajstić information content (AvgIpc) is 2.97. The van der Waals surface area contributed by atoms with Gasteiger partial charge in [0.25, 0.3) is 0 Å². The van der Waals surface area contributed by atoms with Gasteiger partial charge < -0.3 is 9.80 Å². The summed E-state index contributed by atoms with van der Waals surface area (Å²) in [7, 11) is -1.23. The number of hydrogen-bond donors (Lipinski definition) is 0. The van der Waals surface area contributed by atoms with Crippen LogP contribution in [0.1, 0.15) is 39.2 Å². The van der Waals surface area contributed by atoms with Crippen LogP contribution in [0.25, 0.3) is 28.0 Å². The zero-order valence-corrected chi connectivity index (χ0v) is 26.2. The van der Waals surface area contributed by atoms with Gasteiger partial charge in [-0.3, -0.25) is 9.00 Å². The van der Waals surface area contributed by atoms with Gasteiger partial charge in [-0.15, -0.1) is 0 Å². The van der Waals surface area contributed by atoms with Crippen molar-refractivity contribution in [2.75, 3.05) is 24.2 Å². The maximum absolute atomic E-state index is 15.0. The highest BCUT2D eigenvalue weighted by Crippen LogP contribution is 2.36. The van der Waals surface area contributed by atoms with Crippen LogP contribution in [-0.2, 0) is 15.6 Å². The molecule has 2 aromatic carbocycles. The van der Waals surface area contributed by atoms with E-state index in [1.807, 2.05) is 38.7 Å². The summed E-state index contributed by atoms with van der Waals surface area (Å²) in [6, 6.07) is 12.8. The number of pyridine rings is 1. The summed E-state index contributed by atoms with van der Waals surface area (Å²) in [5, 5.41) is 0.706. The van der Waals surface area contributed by atoms with E-state index in [2.05, 4.69) is 11.6 Å². The van der Waals surface area contributed by atoms with E-state index in [-0.39, 0.29) is 45.8 Å². The molecular weight excluding hydrogens is 589 g/mol. The van der Waals surface area contributed by atoms with E-state index in [1.54, 1.807) is 47.6 Å². The molecule has 0 saturated carbocycles. The summed E-state index contributed by atoms with van der Waals surface area (Å²) >= 11 is 6.78. The highest BCUT2D eigenvalue weighted by atomic mass is 35.5. The first-order valence-corrected chi connectivity index (χ1v) is 15.9. The highest BCUT2D eigenvalue weighted by Gasteiger charge is 2.34. The second-order valence-electron chi connectivity index (χ2n) is 11.1. The second kappa shape index (κ2) is 12.0. The van der Waals surface area contributed by atoms with E-state index in [1.165, 1.54) is 16.7 Å². The van der Waals surface area contributed by atoms with Crippen molar-refractivity contribution in [1.82, 2.24) is 19.4 Å². The van der Waals surface area contributed by atoms with Crippen LogP contribution in [0.4, 0.5) is 10.2 Å². The van der Waals surface area contributed by atoms with Crippen molar-refractivity contribution in [3.63, 3.8) is 0 Å². The second-order valence-corrected chi connectivity index (χ2v) is 12.9. The fourth-order valence-corrected chi connectivity index (χ4v) is 6.41. The SMILES string of the molecule is C=CC(=O)N1C[C@H](C)N(c2nc(=O)n(-c3ccc(S(C)=O)cc3C(C)C)c3nc(-c4ccccc4F)c(Cl)cc23)C[C@H]1C. The number of aromatic nitrogens is 3. The lowest BCUT2D eigenvalue weighted by Gasteiger charge is -2.44. The zero-order valence-electron chi connectivity index (χ0n) is 24.7. The quantitative estimate of drug-likeness (QED) is 0.256. The third-order valence-electron chi connectivity index (χ3n) is 7.84. The molecule has 0 aliphatic carbocycles. The molecule has 1 aliphatic rings. The average molecular weight is 622 g/mol. The summed E-state index contributed by atoms with van der Waals surface area (Å²) in [5.74, 6) is -0.311. The Hall–Kier alpha value is -3.89. The lowest BCUT2D eigenvalue weighted by Crippen LogP contribution is -2.58. The lowest BCUT2D eigenvalue weighted by molar-refractivity contribution is -0.128. The van der Waals surface area contributed by atoms with Crippen molar-refractivity contribution >= 4 is 45.2 Å². The van der Waals surface area contributed by atoms with E-state index in [9.17, 15) is 18.2 Å². The van der Waals surface area contributed by atoms with Crippen molar-refractivity contribution in [2.45, 2.75) is 50.6 Å². The van der Waals surface area contributed by atoms with Crippen LogP contribution in [0.2, 0.25) is 5.02 Å². The summed E-state index contributed by atoms with van der Waals surface area (Å²) in [6.45, 7) is 12.3. The number of nitrogens with zero attached hydrogens (tertiary/aromatic N) is 5. The molecule has 0 radical (unpaired) electrons. The molecule has 43 heavy (non-hydrogen) atoms. The summed E-state index contributed by atoms with van der Waals surface area (Å²) in [4.78, 5) is 40.3. The minimum absolute atomic E-state index is 0.0326. The molecule has 1 amide bonds.